The van der Waals surface area contributed by atoms with E-state index in [1.807, 2.05) is 0 Å². The lowest BCUT2D eigenvalue weighted by Gasteiger charge is -2.07. The van der Waals surface area contributed by atoms with E-state index in [2.05, 4.69) is 5.32 Å². The van der Waals surface area contributed by atoms with Gasteiger partial charge in [0.25, 0.3) is 11.6 Å². The van der Waals surface area contributed by atoms with Gasteiger partial charge in [0.15, 0.2) is 6.10 Å². The summed E-state index contributed by atoms with van der Waals surface area (Å²) in [5, 5.41) is 30.0. The second-order valence-electron chi connectivity index (χ2n) is 3.37. The number of carboxylic acid groups (broad SMARTS) is 1. The molecule has 18 heavy (non-hydrogen) atoms. The van der Waals surface area contributed by atoms with Gasteiger partial charge >= 0.3 is 5.97 Å². The van der Waals surface area contributed by atoms with Gasteiger partial charge in [-0.2, -0.15) is 0 Å². The second-order valence-corrected chi connectivity index (χ2v) is 3.37. The predicted molar refractivity (Wildman–Crippen MR) is 59.1 cm³/mol. The van der Waals surface area contributed by atoms with E-state index in [1.54, 1.807) is 0 Å². The Bertz CT molecular complexity index is 487. The first-order chi connectivity index (χ1) is 8.41. The van der Waals surface area contributed by atoms with Crippen LogP contribution < -0.4 is 5.32 Å². The SMILES string of the molecule is O=C(NCC(O)C(=O)O)c1cccc([N+](=O)[O-])c1. The Balaban J connectivity index is 2.70. The number of aliphatic hydroxyl groups excluding tert-OH is 1. The van der Waals surface area contributed by atoms with E-state index in [9.17, 15) is 19.7 Å². The Kier molecular flexibility index (Phi) is 4.33. The molecule has 0 aliphatic heterocycles. The lowest BCUT2D eigenvalue weighted by atomic mass is 10.2. The summed E-state index contributed by atoms with van der Waals surface area (Å²) in [5.41, 5.74) is -0.233. The maximum atomic E-state index is 11.5. The van der Waals surface area contributed by atoms with Gasteiger partial charge in [-0.15, -0.1) is 0 Å². The van der Waals surface area contributed by atoms with Crippen molar-refractivity contribution in [3.8, 4) is 0 Å². The predicted octanol–water partition coefficient (Wildman–Crippen LogP) is -0.230. The highest BCUT2D eigenvalue weighted by atomic mass is 16.6. The number of non-ortho nitro benzene ring substituents is 1. The molecule has 96 valence electrons. The standard InChI is InChI=1S/C10H10N2O6/c13-8(10(15)16)5-11-9(14)6-2-1-3-7(4-6)12(17)18/h1-4,8,13H,5H2,(H,11,14)(H,15,16). The molecule has 1 unspecified atom stereocenters. The molecule has 1 aromatic carbocycles. The first kappa shape index (κ1) is 13.6. The van der Waals surface area contributed by atoms with Crippen molar-refractivity contribution >= 4 is 17.6 Å². The molecule has 0 saturated carbocycles. The zero-order valence-corrected chi connectivity index (χ0v) is 9.07. The summed E-state index contributed by atoms with van der Waals surface area (Å²) < 4.78 is 0. The van der Waals surface area contributed by atoms with Crippen molar-refractivity contribution in [2.75, 3.05) is 6.54 Å². The summed E-state index contributed by atoms with van der Waals surface area (Å²) in [7, 11) is 0. The Morgan fingerprint density at radius 1 is 1.44 bits per heavy atom. The highest BCUT2D eigenvalue weighted by Crippen LogP contribution is 2.12. The maximum Gasteiger partial charge on any atom is 0.334 e. The van der Waals surface area contributed by atoms with E-state index in [-0.39, 0.29) is 11.3 Å². The molecule has 1 rings (SSSR count). The fraction of sp³-hybridized carbons (Fsp3) is 0.200. The third-order valence-corrected chi connectivity index (χ3v) is 2.06. The van der Waals surface area contributed by atoms with Gasteiger partial charge in [0.05, 0.1) is 11.5 Å². The van der Waals surface area contributed by atoms with Crippen LogP contribution in [0.4, 0.5) is 5.69 Å². The number of nitro groups is 1. The second kappa shape index (κ2) is 5.73. The number of amides is 1. The number of hydrogen-bond donors (Lipinski definition) is 3. The van der Waals surface area contributed by atoms with Crippen LogP contribution in [0.1, 0.15) is 10.4 Å². The average molecular weight is 254 g/mol. The number of carbonyl (C=O) groups excluding carboxylic acids is 1. The third-order valence-electron chi connectivity index (χ3n) is 2.06. The van der Waals surface area contributed by atoms with E-state index in [0.717, 1.165) is 6.07 Å². The van der Waals surface area contributed by atoms with Gasteiger partial charge in [-0.25, -0.2) is 4.79 Å². The van der Waals surface area contributed by atoms with Crippen LogP contribution in [0.2, 0.25) is 0 Å². The molecule has 1 atom stereocenters. The number of aliphatic carboxylic acids is 1. The molecule has 3 N–H and O–H groups in total. The fourth-order valence-electron chi connectivity index (χ4n) is 1.14. The first-order valence-corrected chi connectivity index (χ1v) is 4.85. The zero-order chi connectivity index (χ0) is 13.7. The molecule has 0 aliphatic carbocycles. The Morgan fingerprint density at radius 3 is 2.67 bits per heavy atom. The van der Waals surface area contributed by atoms with Crippen molar-refractivity contribution in [1.29, 1.82) is 0 Å². The first-order valence-electron chi connectivity index (χ1n) is 4.85. The number of nitro benzene ring substituents is 1. The molecule has 0 bridgehead atoms. The van der Waals surface area contributed by atoms with Crippen molar-refractivity contribution in [3.63, 3.8) is 0 Å². The molecule has 0 saturated heterocycles. The number of nitrogens with zero attached hydrogens (tertiary/aromatic N) is 1. The smallest absolute Gasteiger partial charge is 0.334 e. The molecule has 8 nitrogen and oxygen atoms in total. The van der Waals surface area contributed by atoms with Crippen LogP contribution in [0.5, 0.6) is 0 Å². The van der Waals surface area contributed by atoms with Gasteiger partial charge in [-0.05, 0) is 6.07 Å². The van der Waals surface area contributed by atoms with Crippen LogP contribution in [0.15, 0.2) is 24.3 Å². The largest absolute Gasteiger partial charge is 0.479 e. The molecule has 1 amide bonds. The van der Waals surface area contributed by atoms with E-state index in [0.29, 0.717) is 0 Å². The molecule has 0 aromatic heterocycles. The van der Waals surface area contributed by atoms with Crippen molar-refractivity contribution in [2.24, 2.45) is 0 Å². The summed E-state index contributed by atoms with van der Waals surface area (Å²) in [6.45, 7) is -0.475. The normalized spacial score (nSPS) is 11.6. The monoisotopic (exact) mass is 254 g/mol. The number of rotatable bonds is 5. The number of hydrogen-bond acceptors (Lipinski definition) is 5. The average Bonchev–Trinajstić information content (AvgIpc) is 2.35. The van der Waals surface area contributed by atoms with E-state index in [4.69, 9.17) is 10.2 Å². The van der Waals surface area contributed by atoms with Crippen LogP contribution >= 0.6 is 0 Å². The lowest BCUT2D eigenvalue weighted by Crippen LogP contribution is -2.36. The molecular weight excluding hydrogens is 244 g/mol. The van der Waals surface area contributed by atoms with Gasteiger partial charge < -0.3 is 15.5 Å². The van der Waals surface area contributed by atoms with Crippen molar-refractivity contribution < 1.29 is 24.7 Å². The number of carboxylic acids is 1. The fourth-order valence-corrected chi connectivity index (χ4v) is 1.14. The van der Waals surface area contributed by atoms with Crippen LogP contribution in [0.25, 0.3) is 0 Å². The van der Waals surface area contributed by atoms with E-state index in [1.165, 1.54) is 18.2 Å². The molecular formula is C10H10N2O6. The number of benzene rings is 1. The minimum absolute atomic E-state index is 0.0155. The van der Waals surface area contributed by atoms with Crippen LogP contribution in [-0.4, -0.2) is 39.7 Å². The van der Waals surface area contributed by atoms with Crippen LogP contribution in [0.3, 0.4) is 0 Å². The highest BCUT2D eigenvalue weighted by Gasteiger charge is 2.16. The Labute approximate surface area is 101 Å². The van der Waals surface area contributed by atoms with Crippen LogP contribution in [-0.2, 0) is 4.79 Å². The summed E-state index contributed by atoms with van der Waals surface area (Å²) in [6.07, 6.45) is -1.72. The van der Waals surface area contributed by atoms with Crippen LogP contribution in [0, 0.1) is 10.1 Å². The van der Waals surface area contributed by atoms with Crippen molar-refractivity contribution in [1.82, 2.24) is 5.32 Å². The Hall–Kier alpha value is -2.48. The quantitative estimate of drug-likeness (QED) is 0.491. The topological polar surface area (TPSA) is 130 Å². The number of nitrogens with one attached hydrogen (secondary N) is 1. The van der Waals surface area contributed by atoms with Gasteiger partial charge in [0.2, 0.25) is 0 Å². The molecule has 8 heteroatoms. The minimum Gasteiger partial charge on any atom is -0.479 e. The Morgan fingerprint density at radius 2 is 2.11 bits per heavy atom. The molecule has 0 radical (unpaired) electrons. The maximum absolute atomic E-state index is 11.5. The van der Waals surface area contributed by atoms with Gasteiger partial charge in [-0.1, -0.05) is 6.07 Å². The van der Waals surface area contributed by atoms with Gasteiger partial charge in [0.1, 0.15) is 0 Å². The molecule has 0 aliphatic rings. The van der Waals surface area contributed by atoms with Crippen molar-refractivity contribution in [2.45, 2.75) is 6.10 Å². The third kappa shape index (κ3) is 3.52. The number of carbonyl (C=O) groups is 2. The summed E-state index contributed by atoms with van der Waals surface area (Å²) >= 11 is 0. The zero-order valence-electron chi connectivity index (χ0n) is 9.07. The van der Waals surface area contributed by atoms with E-state index < -0.39 is 29.4 Å². The lowest BCUT2D eigenvalue weighted by molar-refractivity contribution is -0.384. The minimum atomic E-state index is -1.72. The summed E-state index contributed by atoms with van der Waals surface area (Å²) in [6, 6.07) is 4.96. The van der Waals surface area contributed by atoms with Gasteiger partial charge in [-0.3, -0.25) is 14.9 Å². The molecule has 1 aromatic rings. The molecule has 0 heterocycles. The molecule has 0 fully saturated rings. The summed E-state index contributed by atoms with van der Waals surface area (Å²) in [4.78, 5) is 31.6. The van der Waals surface area contributed by atoms with Crippen molar-refractivity contribution in [3.05, 3.63) is 39.9 Å². The van der Waals surface area contributed by atoms with Gasteiger partial charge in [0, 0.05) is 17.7 Å². The highest BCUT2D eigenvalue weighted by molar-refractivity contribution is 5.95. The molecule has 0 spiro atoms. The van der Waals surface area contributed by atoms with E-state index >= 15 is 0 Å². The summed E-state index contributed by atoms with van der Waals surface area (Å²) in [5.74, 6) is -2.16. The number of aliphatic hydroxyl groups is 1.